The van der Waals surface area contributed by atoms with E-state index >= 15 is 0 Å². The third-order valence-electron chi connectivity index (χ3n) is 3.80. The molecule has 2 nitrogen and oxygen atoms in total. The highest BCUT2D eigenvalue weighted by molar-refractivity contribution is 6.31. The quantitative estimate of drug-likeness (QED) is 0.856. The van der Waals surface area contributed by atoms with Gasteiger partial charge in [0.2, 0.25) is 0 Å². The van der Waals surface area contributed by atoms with Gasteiger partial charge in [0.1, 0.15) is 0 Å². The summed E-state index contributed by atoms with van der Waals surface area (Å²) in [5.74, 6) is 0. The van der Waals surface area contributed by atoms with Gasteiger partial charge in [-0.2, -0.15) is 0 Å². The highest BCUT2D eigenvalue weighted by Crippen LogP contribution is 2.37. The van der Waals surface area contributed by atoms with Gasteiger partial charge in [0.25, 0.3) is 0 Å². The molecule has 1 heterocycles. The topological polar surface area (TPSA) is 23.5 Å². The number of rotatable bonds is 1. The molecule has 0 radical (unpaired) electrons. The van der Waals surface area contributed by atoms with Crippen LogP contribution in [0.1, 0.15) is 16.7 Å². The average molecular weight is 274 g/mol. The molecule has 0 aromatic heterocycles. The molecule has 0 fully saturated rings. The highest BCUT2D eigenvalue weighted by atomic mass is 35.5. The SMILES string of the molecule is CN1c2ccccc2CCc2cc(CO)c(Cl)cc21. The van der Waals surface area contributed by atoms with E-state index in [1.807, 2.05) is 12.1 Å². The Labute approximate surface area is 118 Å². The summed E-state index contributed by atoms with van der Waals surface area (Å²) in [5, 5.41) is 9.96. The minimum absolute atomic E-state index is 0.0111. The Morgan fingerprint density at radius 2 is 1.84 bits per heavy atom. The van der Waals surface area contributed by atoms with Crippen LogP contribution in [0.5, 0.6) is 0 Å². The molecule has 3 heteroatoms. The number of aryl methyl sites for hydroxylation is 2. The number of aliphatic hydroxyl groups is 1. The van der Waals surface area contributed by atoms with Gasteiger partial charge in [-0.3, -0.25) is 0 Å². The molecule has 0 amide bonds. The number of halogens is 1. The van der Waals surface area contributed by atoms with Crippen molar-refractivity contribution in [3.05, 3.63) is 58.1 Å². The van der Waals surface area contributed by atoms with Crippen LogP contribution in [-0.2, 0) is 19.4 Å². The van der Waals surface area contributed by atoms with Crippen LogP contribution in [0.15, 0.2) is 36.4 Å². The number of anilines is 2. The van der Waals surface area contributed by atoms with Gasteiger partial charge >= 0.3 is 0 Å². The maximum Gasteiger partial charge on any atom is 0.0696 e. The largest absolute Gasteiger partial charge is 0.392 e. The first-order valence-electron chi connectivity index (χ1n) is 6.44. The normalized spacial score (nSPS) is 13.7. The third kappa shape index (κ3) is 2.11. The predicted octanol–water partition coefficient (Wildman–Crippen LogP) is 3.70. The number of nitrogens with zero attached hydrogens (tertiary/aromatic N) is 1. The number of aliphatic hydroxyl groups excluding tert-OH is 1. The van der Waals surface area contributed by atoms with E-state index in [-0.39, 0.29) is 6.61 Å². The van der Waals surface area contributed by atoms with Crippen molar-refractivity contribution >= 4 is 23.0 Å². The Bertz CT molecular complexity index is 624. The number of para-hydroxylation sites is 1. The van der Waals surface area contributed by atoms with Crippen LogP contribution >= 0.6 is 11.6 Å². The van der Waals surface area contributed by atoms with Crippen LogP contribution in [0.25, 0.3) is 0 Å². The standard InChI is InChI=1S/C16H16ClNO/c1-18-15-5-3-2-4-11(15)6-7-12-8-13(10-19)14(17)9-16(12)18/h2-5,8-9,19H,6-7,10H2,1H3. The van der Waals surface area contributed by atoms with Crippen molar-refractivity contribution in [2.45, 2.75) is 19.4 Å². The molecule has 1 aliphatic rings. The van der Waals surface area contributed by atoms with Gasteiger partial charge < -0.3 is 10.0 Å². The number of fused-ring (bicyclic) bond motifs is 2. The maximum absolute atomic E-state index is 9.33. The van der Waals surface area contributed by atoms with Crippen molar-refractivity contribution < 1.29 is 5.11 Å². The summed E-state index contributed by atoms with van der Waals surface area (Å²) < 4.78 is 0. The molecule has 0 bridgehead atoms. The zero-order chi connectivity index (χ0) is 13.4. The molecule has 0 aliphatic carbocycles. The first-order valence-corrected chi connectivity index (χ1v) is 6.82. The van der Waals surface area contributed by atoms with Crippen molar-refractivity contribution in [1.82, 2.24) is 0 Å². The molecule has 0 unspecified atom stereocenters. The fourth-order valence-corrected chi connectivity index (χ4v) is 2.96. The molecule has 0 saturated carbocycles. The van der Waals surface area contributed by atoms with Gasteiger partial charge in [-0.1, -0.05) is 29.8 Å². The third-order valence-corrected chi connectivity index (χ3v) is 4.15. The summed E-state index contributed by atoms with van der Waals surface area (Å²) in [6, 6.07) is 12.4. The fourth-order valence-electron chi connectivity index (χ4n) is 2.74. The zero-order valence-electron chi connectivity index (χ0n) is 10.9. The lowest BCUT2D eigenvalue weighted by Crippen LogP contribution is -2.11. The molecule has 2 aromatic rings. The predicted molar refractivity (Wildman–Crippen MR) is 79.3 cm³/mol. The summed E-state index contributed by atoms with van der Waals surface area (Å²) in [4.78, 5) is 2.19. The smallest absolute Gasteiger partial charge is 0.0696 e. The van der Waals surface area contributed by atoms with Crippen LogP contribution in [0.4, 0.5) is 11.4 Å². The summed E-state index contributed by atoms with van der Waals surface area (Å²) in [5.41, 5.74) is 5.76. The minimum Gasteiger partial charge on any atom is -0.392 e. The number of hydrogen-bond acceptors (Lipinski definition) is 2. The number of hydrogen-bond donors (Lipinski definition) is 1. The van der Waals surface area contributed by atoms with E-state index in [9.17, 15) is 5.11 Å². The average Bonchev–Trinajstić information content (AvgIpc) is 2.57. The molecule has 0 atom stereocenters. The second kappa shape index (κ2) is 4.87. The molecule has 2 aromatic carbocycles. The highest BCUT2D eigenvalue weighted by Gasteiger charge is 2.18. The molecule has 1 aliphatic heterocycles. The molecule has 0 spiro atoms. The van der Waals surface area contributed by atoms with Crippen molar-refractivity contribution in [1.29, 1.82) is 0 Å². The van der Waals surface area contributed by atoms with Crippen molar-refractivity contribution in [2.24, 2.45) is 0 Å². The van der Waals surface area contributed by atoms with Crippen molar-refractivity contribution in [3.8, 4) is 0 Å². The van der Waals surface area contributed by atoms with E-state index in [0.29, 0.717) is 5.02 Å². The molecule has 98 valence electrons. The molecule has 3 rings (SSSR count). The number of benzene rings is 2. The Balaban J connectivity index is 2.15. The van der Waals surface area contributed by atoms with Crippen LogP contribution in [-0.4, -0.2) is 12.2 Å². The van der Waals surface area contributed by atoms with Gasteiger partial charge in [0.15, 0.2) is 0 Å². The maximum atomic E-state index is 9.33. The van der Waals surface area contributed by atoms with Crippen molar-refractivity contribution in [3.63, 3.8) is 0 Å². The van der Waals surface area contributed by atoms with Crippen LogP contribution in [0.3, 0.4) is 0 Å². The van der Waals surface area contributed by atoms with Gasteiger partial charge in [-0.25, -0.2) is 0 Å². The molecular formula is C16H16ClNO. The second-order valence-electron chi connectivity index (χ2n) is 4.92. The monoisotopic (exact) mass is 273 g/mol. The Kier molecular flexibility index (Phi) is 3.21. The van der Waals surface area contributed by atoms with E-state index < -0.39 is 0 Å². The fraction of sp³-hybridized carbons (Fsp3) is 0.250. The van der Waals surface area contributed by atoms with E-state index in [1.165, 1.54) is 16.8 Å². The lowest BCUT2D eigenvalue weighted by molar-refractivity contribution is 0.282. The van der Waals surface area contributed by atoms with E-state index in [0.717, 1.165) is 24.1 Å². The van der Waals surface area contributed by atoms with Gasteiger partial charge in [0, 0.05) is 23.4 Å². The minimum atomic E-state index is -0.0111. The molecular weight excluding hydrogens is 258 g/mol. The van der Waals surface area contributed by atoms with E-state index in [1.54, 1.807) is 0 Å². The lowest BCUT2D eigenvalue weighted by Gasteiger charge is -2.22. The summed E-state index contributed by atoms with van der Waals surface area (Å²) in [6.45, 7) is -0.0111. The lowest BCUT2D eigenvalue weighted by atomic mass is 10.0. The summed E-state index contributed by atoms with van der Waals surface area (Å²) in [6.07, 6.45) is 1.99. The van der Waals surface area contributed by atoms with E-state index in [2.05, 4.69) is 36.2 Å². The van der Waals surface area contributed by atoms with Gasteiger partial charge in [-0.15, -0.1) is 0 Å². The van der Waals surface area contributed by atoms with Crippen LogP contribution < -0.4 is 4.90 Å². The second-order valence-corrected chi connectivity index (χ2v) is 5.33. The molecule has 19 heavy (non-hydrogen) atoms. The Hall–Kier alpha value is -1.51. The Morgan fingerprint density at radius 1 is 1.11 bits per heavy atom. The molecule has 0 saturated heterocycles. The summed E-state index contributed by atoms with van der Waals surface area (Å²) in [7, 11) is 2.07. The van der Waals surface area contributed by atoms with E-state index in [4.69, 9.17) is 11.6 Å². The van der Waals surface area contributed by atoms with Crippen LogP contribution in [0.2, 0.25) is 5.02 Å². The van der Waals surface area contributed by atoms with Crippen molar-refractivity contribution in [2.75, 3.05) is 11.9 Å². The summed E-state index contributed by atoms with van der Waals surface area (Å²) >= 11 is 6.22. The Morgan fingerprint density at radius 3 is 2.63 bits per heavy atom. The zero-order valence-corrected chi connectivity index (χ0v) is 11.6. The molecule has 1 N–H and O–H groups in total. The first-order chi connectivity index (χ1) is 9.20. The van der Waals surface area contributed by atoms with Gasteiger partial charge in [-0.05, 0) is 47.7 Å². The van der Waals surface area contributed by atoms with Gasteiger partial charge in [0.05, 0.1) is 6.61 Å². The first kappa shape index (κ1) is 12.5. The van der Waals surface area contributed by atoms with Crippen LogP contribution in [0, 0.1) is 0 Å².